The van der Waals surface area contributed by atoms with Gasteiger partial charge in [-0.15, -0.1) is 0 Å². The second-order valence-corrected chi connectivity index (χ2v) is 31.2. The topological polar surface area (TPSA) is 480 Å². The third-order valence-corrected chi connectivity index (χ3v) is 19.5. The Morgan fingerprint density at radius 3 is 1.23 bits per heavy atom. The lowest BCUT2D eigenvalue weighted by Crippen LogP contribution is -2.61. The third kappa shape index (κ3) is 18.6. The number of hydrogen-bond donors (Lipinski definition) is 15. The molecule has 0 aromatic carbocycles. The van der Waals surface area contributed by atoms with Crippen molar-refractivity contribution in [2.24, 2.45) is 21.7 Å². The van der Waals surface area contributed by atoms with E-state index in [0.29, 0.717) is 36.0 Å². The molecule has 7 unspecified atom stereocenters. The molecule has 107 heavy (non-hydrogen) atoms. The van der Waals surface area contributed by atoms with Crippen LogP contribution in [0.1, 0.15) is 158 Å². The van der Waals surface area contributed by atoms with E-state index in [1.54, 1.807) is 20.8 Å². The van der Waals surface area contributed by atoms with E-state index >= 15 is 0 Å². The van der Waals surface area contributed by atoms with E-state index in [2.05, 4.69) is 62.5 Å². The first kappa shape index (κ1) is 89.2. The fourth-order valence-corrected chi connectivity index (χ4v) is 13.8. The van der Waals surface area contributed by atoms with Gasteiger partial charge in [0.1, 0.15) is 42.7 Å². The molecule has 13 atom stereocenters. The predicted molar refractivity (Wildman–Crippen MR) is 386 cm³/mol. The molecule has 0 saturated carbocycles. The molecule has 0 bridgehead atoms. The Morgan fingerprint density at radius 1 is 0.486 bits per heavy atom. The Balaban J connectivity index is 0.000000238. The molecule has 6 aliphatic heterocycles. The molecule has 6 heterocycles. The minimum atomic E-state index is -1.89. The predicted octanol–water partition coefficient (Wildman–Crippen LogP) is 8.65. The van der Waals surface area contributed by atoms with Gasteiger partial charge >= 0.3 is 11.9 Å². The fourth-order valence-electron chi connectivity index (χ4n) is 13.8. The van der Waals surface area contributed by atoms with Crippen LogP contribution in [0, 0.1) is 21.7 Å². The van der Waals surface area contributed by atoms with Gasteiger partial charge in [0.2, 0.25) is 34.7 Å². The Labute approximate surface area is 622 Å². The largest absolute Gasteiger partial charge is 0.505 e. The van der Waals surface area contributed by atoms with Crippen LogP contribution >= 0.6 is 0 Å². The van der Waals surface area contributed by atoms with Gasteiger partial charge in [-0.3, -0.25) is 19.2 Å². The highest BCUT2D eigenvalue weighted by Crippen LogP contribution is 2.53. The van der Waals surface area contributed by atoms with Crippen molar-refractivity contribution in [1.82, 2.24) is 0 Å². The highest BCUT2D eigenvalue weighted by atomic mass is 16.8. The van der Waals surface area contributed by atoms with Gasteiger partial charge in [-0.2, -0.15) is 0 Å². The van der Waals surface area contributed by atoms with Crippen molar-refractivity contribution in [3.05, 3.63) is 162 Å². The standard InChI is InChI=1S/C20H26O7.C20H28O6.C13H20O2.C13H18O2.2C6H8O6/c1-9(2)7-12-10(3)17(23)20(18(24)19(12,5)6)25-8-13(27-20)16-15(22)14(21)11(4)26-16;1-10(2)7-13-11(3)20(15(21)8-19(13,5)6)24-9-14(26-20)18-17(23)16(22)12(4)25-18;2*1-8(2)6-10-9(3)12(15)11(14)7-13(10,4)5;2*7-1-2(8)5-3(9)4(10)6(11)12-5/h7,13,16,18,21-22,24H,4,8H2,1-3,5-6H3;7,14-15,18,21-23H,4,8-9H2,1-3,5-6H3;6,11,14H,7H2,1-5H3;6H,7H2,1-5H3;2*2,5,7-10H,1H2/t13?,16-,18?,20?;14?,15?,18-,20?;;;2*2-,5+/m11..00/s1. The molecule has 0 radical (unpaired) electrons. The number of rotatable bonds is 10. The zero-order chi connectivity index (χ0) is 82.0. The van der Waals surface area contributed by atoms with Crippen molar-refractivity contribution in [2.75, 3.05) is 26.4 Å². The maximum absolute atomic E-state index is 13.1. The lowest BCUT2D eigenvalue weighted by molar-refractivity contribution is -0.242. The first-order chi connectivity index (χ1) is 49.1. The number of allylic oxidation sites excluding steroid dienone is 12. The summed E-state index contributed by atoms with van der Waals surface area (Å²) in [6.45, 7) is 44.8. The fraction of sp³-hybridized carbons (Fsp3) is 0.564. The number of carbonyl (C=O) groups is 6. The Hall–Kier alpha value is -8.46. The minimum absolute atomic E-state index is 0.000120. The van der Waals surface area contributed by atoms with Crippen LogP contribution in [-0.4, -0.2) is 217 Å². The number of aliphatic hydroxyl groups excluding tert-OH is 15. The number of aliphatic hydroxyl groups is 15. The van der Waals surface area contributed by atoms with Gasteiger partial charge < -0.3 is 114 Å². The van der Waals surface area contributed by atoms with Crippen molar-refractivity contribution in [2.45, 2.75) is 236 Å². The highest BCUT2D eigenvalue weighted by Gasteiger charge is 2.64. The van der Waals surface area contributed by atoms with Crippen LogP contribution in [0.15, 0.2) is 162 Å². The molecule has 29 heteroatoms. The summed E-state index contributed by atoms with van der Waals surface area (Å²) in [4.78, 5) is 68.9. The summed E-state index contributed by atoms with van der Waals surface area (Å²) < 4.78 is 43.1. The first-order valence-electron chi connectivity index (χ1n) is 34.6. The van der Waals surface area contributed by atoms with Crippen molar-refractivity contribution < 1.29 is 143 Å². The second-order valence-electron chi connectivity index (χ2n) is 31.2. The summed E-state index contributed by atoms with van der Waals surface area (Å²) in [5, 5.41) is 141. The average molecular weight is 1510 g/mol. The number of esters is 2. The number of cyclic esters (lactones) is 2. The number of ketones is 4. The molecular weight excluding hydrogens is 1400 g/mol. The van der Waals surface area contributed by atoms with Gasteiger partial charge in [0, 0.05) is 23.0 Å². The Morgan fingerprint density at radius 2 is 0.860 bits per heavy atom. The van der Waals surface area contributed by atoms with Crippen LogP contribution in [0.3, 0.4) is 0 Å². The van der Waals surface area contributed by atoms with E-state index in [-0.39, 0.29) is 69.8 Å². The number of ether oxygens (including phenoxy) is 8. The molecule has 10 rings (SSSR count). The van der Waals surface area contributed by atoms with Crippen LogP contribution in [0.5, 0.6) is 0 Å². The Kier molecular flexibility index (Phi) is 28.3. The maximum atomic E-state index is 13.1. The van der Waals surface area contributed by atoms with Gasteiger partial charge in [-0.1, -0.05) is 115 Å². The molecule has 10 aliphatic rings. The van der Waals surface area contributed by atoms with E-state index in [0.717, 1.165) is 44.6 Å². The summed E-state index contributed by atoms with van der Waals surface area (Å²) in [5.41, 5.74) is 9.57. The minimum Gasteiger partial charge on any atom is -0.505 e. The molecule has 2 spiro atoms. The van der Waals surface area contributed by atoms with Gasteiger partial charge in [0.15, 0.2) is 76.3 Å². The molecule has 2 fully saturated rings. The molecule has 594 valence electrons. The molecule has 29 nitrogen and oxygen atoms in total. The molecule has 0 amide bonds. The SMILES string of the molecule is C=C1O[C@H](C2COC3(O2)C(=O)C(C)=C(C=C(C)C)C(C)(C)C3O)C(O)=C1O.C=C1O[C@H](C2COC3(O2)C(C)=C(C=C(C)C)C(C)(C)CC3O)C(O)=C1O.CC(C)=CC1=C(C)C(=O)C(=O)CC1(C)C.CC(C)=CC1=C(C)C(=O)C(O)CC1(C)C.O=C1O[C@H]([C@@H](O)CO)C(O)=C1O.O=C1O[C@H]([C@@H](O)CO)C(O)=C1O. The molecule has 0 aromatic heterocycles. The van der Waals surface area contributed by atoms with E-state index in [9.17, 15) is 64.5 Å². The van der Waals surface area contributed by atoms with Crippen LogP contribution in [-0.2, 0) is 66.7 Å². The highest BCUT2D eigenvalue weighted by molar-refractivity contribution is 6.44. The smallest absolute Gasteiger partial charge is 0.377 e. The van der Waals surface area contributed by atoms with Crippen LogP contribution in [0.4, 0.5) is 0 Å². The second kappa shape index (κ2) is 34.0. The van der Waals surface area contributed by atoms with Crippen LogP contribution in [0.2, 0.25) is 0 Å². The molecule has 4 aliphatic carbocycles. The summed E-state index contributed by atoms with van der Waals surface area (Å²) >= 11 is 0. The molecule has 2 saturated heterocycles. The number of hydrogen-bond acceptors (Lipinski definition) is 29. The molecular formula is C78H108O29. The average Bonchev–Trinajstić information content (AvgIpc) is 1.67. The van der Waals surface area contributed by atoms with Gasteiger partial charge in [0.25, 0.3) is 5.79 Å². The quantitative estimate of drug-likeness (QED) is 0.0718. The summed E-state index contributed by atoms with van der Waals surface area (Å²) in [6.07, 6.45) is -2.67. The summed E-state index contributed by atoms with van der Waals surface area (Å²) in [6, 6.07) is 0. The lowest BCUT2D eigenvalue weighted by atomic mass is 9.67. The van der Waals surface area contributed by atoms with Crippen molar-refractivity contribution in [3.63, 3.8) is 0 Å². The monoisotopic (exact) mass is 1510 g/mol. The van der Waals surface area contributed by atoms with Gasteiger partial charge in [0.05, 0.1) is 26.4 Å². The molecule has 15 N–H and O–H groups in total. The van der Waals surface area contributed by atoms with E-state index in [4.69, 9.17) is 69.3 Å². The Bertz CT molecular complexity index is 3910. The van der Waals surface area contributed by atoms with Crippen molar-refractivity contribution in [3.8, 4) is 0 Å². The third-order valence-electron chi connectivity index (χ3n) is 19.5. The number of Topliss-reactive ketones (excluding diaryl/α,β-unsaturated/α-hetero) is 4. The van der Waals surface area contributed by atoms with E-state index in [1.165, 1.54) is 5.57 Å². The van der Waals surface area contributed by atoms with Crippen molar-refractivity contribution in [1.29, 1.82) is 0 Å². The van der Waals surface area contributed by atoms with Crippen LogP contribution < -0.4 is 0 Å². The zero-order valence-electron chi connectivity index (χ0n) is 64.4. The van der Waals surface area contributed by atoms with Crippen LogP contribution in [0.25, 0.3) is 0 Å². The molecule has 0 aromatic rings. The van der Waals surface area contributed by atoms with E-state index < -0.39 is 150 Å². The summed E-state index contributed by atoms with van der Waals surface area (Å²) in [5.74, 6) is -11.6. The lowest BCUT2D eigenvalue weighted by Gasteiger charge is -2.46. The van der Waals surface area contributed by atoms with Gasteiger partial charge in [-0.05, 0) is 146 Å². The number of carbonyl (C=O) groups excluding carboxylic acids is 6. The normalized spacial score (nSPS) is 30.2. The van der Waals surface area contributed by atoms with E-state index in [1.807, 2.05) is 102 Å². The first-order valence-corrected chi connectivity index (χ1v) is 34.6. The maximum Gasteiger partial charge on any atom is 0.377 e. The summed E-state index contributed by atoms with van der Waals surface area (Å²) in [7, 11) is 0. The van der Waals surface area contributed by atoms with Gasteiger partial charge in [-0.25, -0.2) is 9.59 Å². The zero-order valence-corrected chi connectivity index (χ0v) is 64.4. The van der Waals surface area contributed by atoms with Crippen molar-refractivity contribution >= 4 is 35.1 Å².